The molecule has 5 aromatic rings. The Bertz CT molecular complexity index is 1860. The van der Waals surface area contributed by atoms with Gasteiger partial charge in [0.05, 0.1) is 23.4 Å². The summed E-state index contributed by atoms with van der Waals surface area (Å²) < 4.78 is 29.3. The number of aliphatic carboxylic acids is 1. The minimum absolute atomic E-state index is 0.278. The van der Waals surface area contributed by atoms with E-state index in [1.165, 1.54) is 6.07 Å². The average molecular weight is 580 g/mol. The van der Waals surface area contributed by atoms with Gasteiger partial charge in [0, 0.05) is 46.4 Å². The molecule has 0 saturated heterocycles. The maximum Gasteiger partial charge on any atom is 0.337 e. The lowest BCUT2D eigenvalue weighted by Gasteiger charge is -2.29. The Balaban J connectivity index is 1.63. The fourth-order valence-corrected chi connectivity index (χ4v) is 5.93. The van der Waals surface area contributed by atoms with E-state index >= 15 is 4.39 Å². The first-order chi connectivity index (χ1) is 20.5. The molecule has 1 aliphatic heterocycles. The highest BCUT2D eigenvalue weighted by Crippen LogP contribution is 2.44. The van der Waals surface area contributed by atoms with E-state index in [4.69, 9.17) is 14.6 Å². The smallest absolute Gasteiger partial charge is 0.337 e. The fraction of sp³-hybridized carbons (Fsp3) is 0.286. The zero-order valence-electron chi connectivity index (χ0n) is 24.9. The summed E-state index contributed by atoms with van der Waals surface area (Å²) in [5.74, 6) is -1.31. The zero-order chi connectivity index (χ0) is 30.5. The van der Waals surface area contributed by atoms with Gasteiger partial charge in [0.2, 0.25) is 0 Å². The molecule has 0 radical (unpaired) electrons. The number of benzene rings is 2. The first-order valence-corrected chi connectivity index (χ1v) is 14.4. The van der Waals surface area contributed by atoms with E-state index in [1.807, 2.05) is 83.4 Å². The predicted molar refractivity (Wildman–Crippen MR) is 164 cm³/mol. The molecule has 0 bridgehead atoms. The molecular formula is C35H34FN3O4. The molecule has 0 spiro atoms. The summed E-state index contributed by atoms with van der Waals surface area (Å²) in [6.45, 7) is 9.72. The maximum atomic E-state index is 15.6. The lowest BCUT2D eigenvalue weighted by Crippen LogP contribution is -2.28. The third-order valence-corrected chi connectivity index (χ3v) is 7.82. The van der Waals surface area contributed by atoms with Crippen molar-refractivity contribution in [2.45, 2.75) is 59.2 Å². The van der Waals surface area contributed by atoms with Gasteiger partial charge in [-0.2, -0.15) is 5.10 Å². The molecule has 2 aromatic carbocycles. The Morgan fingerprint density at radius 1 is 1.09 bits per heavy atom. The molecule has 0 unspecified atom stereocenters. The third-order valence-electron chi connectivity index (χ3n) is 7.82. The second kappa shape index (κ2) is 10.9. The van der Waals surface area contributed by atoms with Crippen LogP contribution < -0.4 is 4.74 Å². The van der Waals surface area contributed by atoms with E-state index in [0.29, 0.717) is 46.5 Å². The van der Waals surface area contributed by atoms with E-state index in [1.54, 1.807) is 10.7 Å². The highest BCUT2D eigenvalue weighted by Gasteiger charge is 2.33. The average Bonchev–Trinajstić information content (AvgIpc) is 3.41. The molecule has 220 valence electrons. The highest BCUT2D eigenvalue weighted by atomic mass is 19.1. The van der Waals surface area contributed by atoms with Crippen molar-refractivity contribution in [2.24, 2.45) is 0 Å². The summed E-state index contributed by atoms with van der Waals surface area (Å²) in [4.78, 5) is 17.0. The van der Waals surface area contributed by atoms with Gasteiger partial charge in [0.1, 0.15) is 0 Å². The number of carboxylic acids is 1. The molecule has 43 heavy (non-hydrogen) atoms. The molecule has 1 aliphatic rings. The van der Waals surface area contributed by atoms with Gasteiger partial charge in [-0.05, 0) is 94.0 Å². The van der Waals surface area contributed by atoms with Gasteiger partial charge >= 0.3 is 5.97 Å². The van der Waals surface area contributed by atoms with Gasteiger partial charge in [0.15, 0.2) is 17.7 Å². The van der Waals surface area contributed by atoms with Crippen molar-refractivity contribution in [1.29, 1.82) is 0 Å². The molecule has 0 fully saturated rings. The van der Waals surface area contributed by atoms with Gasteiger partial charge in [0.25, 0.3) is 0 Å². The number of hydrogen-bond donors (Lipinski definition) is 1. The second-order valence-corrected chi connectivity index (χ2v) is 12.0. The first-order valence-electron chi connectivity index (χ1n) is 14.4. The number of halogens is 1. The lowest BCUT2D eigenvalue weighted by molar-refractivity contribution is -0.160. The van der Waals surface area contributed by atoms with Gasteiger partial charge in [-0.15, -0.1) is 0 Å². The monoisotopic (exact) mass is 579 g/mol. The van der Waals surface area contributed by atoms with E-state index in [0.717, 1.165) is 34.2 Å². The standard InChI is InChI=1S/C35H34FN3O4/c1-20-19-39-29(17-28(38-39)23-10-6-9-22(15-23)24-11-7-13-37-18-24)31(30(20)33(34(40)41)43-35(3,4)5)26-16-27(36)32-25(21(26)2)12-8-14-42-32/h6-7,9-11,13,15-19,33H,8,12,14H2,1-5H3,(H,40,41)/t33-/m0/s1. The van der Waals surface area contributed by atoms with Crippen LogP contribution in [0.15, 0.2) is 67.1 Å². The SMILES string of the molecule is Cc1cn2nc(-c3cccc(-c4cccnc4)c3)cc2c(-c2cc(F)c3c(c2C)CCCO3)c1[C@H](OC(C)(C)C)C(=O)O. The van der Waals surface area contributed by atoms with Crippen LogP contribution in [0.5, 0.6) is 5.75 Å². The zero-order valence-corrected chi connectivity index (χ0v) is 24.9. The van der Waals surface area contributed by atoms with Crippen LogP contribution >= 0.6 is 0 Å². The minimum Gasteiger partial charge on any atom is -0.490 e. The largest absolute Gasteiger partial charge is 0.490 e. The van der Waals surface area contributed by atoms with Crippen LogP contribution in [-0.2, 0) is 16.0 Å². The molecule has 8 heteroatoms. The topological polar surface area (TPSA) is 86.0 Å². The number of fused-ring (bicyclic) bond motifs is 2. The molecule has 6 rings (SSSR count). The molecule has 1 atom stereocenters. The number of aryl methyl sites for hydroxylation is 1. The van der Waals surface area contributed by atoms with Gasteiger partial charge in [-0.25, -0.2) is 13.7 Å². The van der Waals surface area contributed by atoms with Crippen molar-refractivity contribution in [3.63, 3.8) is 0 Å². The molecule has 0 saturated carbocycles. The predicted octanol–water partition coefficient (Wildman–Crippen LogP) is 7.75. The highest BCUT2D eigenvalue weighted by molar-refractivity contribution is 5.92. The molecular weight excluding hydrogens is 545 g/mol. The molecule has 0 aliphatic carbocycles. The number of aromatic nitrogens is 3. The van der Waals surface area contributed by atoms with Gasteiger partial charge in [-0.1, -0.05) is 24.3 Å². The summed E-state index contributed by atoms with van der Waals surface area (Å²) in [5.41, 5.74) is 7.47. The van der Waals surface area contributed by atoms with Crippen molar-refractivity contribution in [3.8, 4) is 39.3 Å². The molecule has 0 amide bonds. The van der Waals surface area contributed by atoms with E-state index in [9.17, 15) is 9.90 Å². The Labute approximate surface area is 249 Å². The summed E-state index contributed by atoms with van der Waals surface area (Å²) in [6, 6.07) is 15.3. The maximum absolute atomic E-state index is 15.6. The Morgan fingerprint density at radius 3 is 2.58 bits per heavy atom. The van der Waals surface area contributed by atoms with Gasteiger partial charge in [-0.3, -0.25) is 4.98 Å². The Hall–Kier alpha value is -4.56. The van der Waals surface area contributed by atoms with Crippen molar-refractivity contribution in [3.05, 3.63) is 95.2 Å². The van der Waals surface area contributed by atoms with Crippen LogP contribution in [0, 0.1) is 19.7 Å². The van der Waals surface area contributed by atoms with Crippen LogP contribution in [-0.4, -0.2) is 37.9 Å². The third kappa shape index (κ3) is 5.39. The van der Waals surface area contributed by atoms with Crippen LogP contribution in [0.25, 0.3) is 39.0 Å². The van der Waals surface area contributed by atoms with Crippen molar-refractivity contribution in [2.75, 3.05) is 6.61 Å². The van der Waals surface area contributed by atoms with E-state index < -0.39 is 23.5 Å². The Kier molecular flexibility index (Phi) is 7.26. The molecule has 7 nitrogen and oxygen atoms in total. The normalized spacial score (nSPS) is 13.9. The summed E-state index contributed by atoms with van der Waals surface area (Å²) in [6.07, 6.45) is 5.54. The summed E-state index contributed by atoms with van der Waals surface area (Å²) in [7, 11) is 0. The number of hydrogen-bond acceptors (Lipinski definition) is 5. The van der Waals surface area contributed by atoms with Gasteiger partial charge < -0.3 is 14.6 Å². The van der Waals surface area contributed by atoms with E-state index in [2.05, 4.69) is 11.1 Å². The quantitative estimate of drug-likeness (QED) is 0.221. The number of ether oxygens (including phenoxy) is 2. The number of rotatable bonds is 6. The number of carbonyl (C=O) groups is 1. The Morgan fingerprint density at radius 2 is 1.86 bits per heavy atom. The van der Waals surface area contributed by atoms with Crippen LogP contribution in [0.4, 0.5) is 4.39 Å². The number of carboxylic acid groups (broad SMARTS) is 1. The summed E-state index contributed by atoms with van der Waals surface area (Å²) >= 11 is 0. The molecule has 3 aromatic heterocycles. The minimum atomic E-state index is -1.29. The summed E-state index contributed by atoms with van der Waals surface area (Å²) in [5, 5.41) is 15.4. The molecule has 4 heterocycles. The first kappa shape index (κ1) is 28.6. The van der Waals surface area contributed by atoms with Crippen molar-refractivity contribution in [1.82, 2.24) is 14.6 Å². The van der Waals surface area contributed by atoms with Crippen LogP contribution in [0.2, 0.25) is 0 Å². The van der Waals surface area contributed by atoms with Crippen LogP contribution in [0.3, 0.4) is 0 Å². The van der Waals surface area contributed by atoms with Crippen LogP contribution in [0.1, 0.15) is 55.5 Å². The molecule has 1 N–H and O–H groups in total. The van der Waals surface area contributed by atoms with E-state index in [-0.39, 0.29) is 5.75 Å². The lowest BCUT2D eigenvalue weighted by atomic mass is 9.87. The number of pyridine rings is 2. The van der Waals surface area contributed by atoms with Crippen molar-refractivity contribution < 1.29 is 23.8 Å². The fourth-order valence-electron chi connectivity index (χ4n) is 5.93. The van der Waals surface area contributed by atoms with Crippen molar-refractivity contribution >= 4 is 11.5 Å². The second-order valence-electron chi connectivity index (χ2n) is 12.0. The number of nitrogens with zero attached hydrogens (tertiary/aromatic N) is 3.